The largest absolute Gasteiger partial charge is 0.298 e. The van der Waals surface area contributed by atoms with Crippen LogP contribution in [0.2, 0.25) is 0 Å². The number of rotatable bonds is 2. The molecule has 0 aliphatic heterocycles. The highest BCUT2D eigenvalue weighted by atomic mass is 16.1. The van der Waals surface area contributed by atoms with Gasteiger partial charge in [0.25, 0.3) is 5.56 Å². The molecule has 0 spiro atoms. The SMILES string of the molecule is CC(=O)Cn1cnc2cc(C)ccc2c1=O. The fourth-order valence-corrected chi connectivity index (χ4v) is 1.62. The van der Waals surface area contributed by atoms with E-state index in [1.54, 1.807) is 6.07 Å². The summed E-state index contributed by atoms with van der Waals surface area (Å²) < 4.78 is 1.33. The predicted octanol–water partition coefficient (Wildman–Crippen LogP) is 1.29. The molecule has 0 N–H and O–H groups in total. The number of hydrogen-bond donors (Lipinski definition) is 0. The van der Waals surface area contributed by atoms with Crippen molar-refractivity contribution in [3.63, 3.8) is 0 Å². The Morgan fingerprint density at radius 1 is 1.44 bits per heavy atom. The van der Waals surface area contributed by atoms with E-state index in [0.29, 0.717) is 10.9 Å². The Kier molecular flexibility index (Phi) is 2.56. The highest BCUT2D eigenvalue weighted by molar-refractivity contribution is 5.79. The van der Waals surface area contributed by atoms with Crippen molar-refractivity contribution in [2.75, 3.05) is 0 Å². The highest BCUT2D eigenvalue weighted by Gasteiger charge is 2.05. The minimum Gasteiger partial charge on any atom is -0.298 e. The number of benzene rings is 1. The molecule has 4 heteroatoms. The van der Waals surface area contributed by atoms with Crippen LogP contribution in [0, 0.1) is 6.92 Å². The fraction of sp³-hybridized carbons (Fsp3) is 0.250. The number of nitrogens with zero attached hydrogens (tertiary/aromatic N) is 2. The molecule has 2 aromatic rings. The molecular weight excluding hydrogens is 204 g/mol. The number of hydrogen-bond acceptors (Lipinski definition) is 3. The second-order valence-electron chi connectivity index (χ2n) is 3.90. The summed E-state index contributed by atoms with van der Waals surface area (Å²) in [5.74, 6) is -0.0599. The van der Waals surface area contributed by atoms with Gasteiger partial charge in [-0.05, 0) is 31.5 Å². The number of fused-ring (bicyclic) bond motifs is 1. The van der Waals surface area contributed by atoms with Gasteiger partial charge in [-0.15, -0.1) is 0 Å². The maximum absolute atomic E-state index is 11.9. The molecule has 0 saturated heterocycles. The zero-order chi connectivity index (χ0) is 11.7. The molecule has 0 aliphatic rings. The van der Waals surface area contributed by atoms with E-state index < -0.39 is 0 Å². The Hall–Kier alpha value is -1.97. The Morgan fingerprint density at radius 3 is 2.88 bits per heavy atom. The summed E-state index contributed by atoms with van der Waals surface area (Å²) in [5, 5.41) is 0.550. The Labute approximate surface area is 92.5 Å². The molecule has 1 heterocycles. The van der Waals surface area contributed by atoms with Gasteiger partial charge >= 0.3 is 0 Å². The Morgan fingerprint density at radius 2 is 2.19 bits per heavy atom. The monoisotopic (exact) mass is 216 g/mol. The molecule has 0 atom stereocenters. The molecule has 2 rings (SSSR count). The van der Waals surface area contributed by atoms with Gasteiger partial charge in [0.1, 0.15) is 5.78 Å². The van der Waals surface area contributed by atoms with Crippen LogP contribution in [0.1, 0.15) is 12.5 Å². The first-order valence-corrected chi connectivity index (χ1v) is 5.03. The third-order valence-electron chi connectivity index (χ3n) is 2.37. The van der Waals surface area contributed by atoms with Crippen LogP contribution in [0.15, 0.2) is 29.3 Å². The Balaban J connectivity index is 2.66. The number of aryl methyl sites for hydroxylation is 1. The van der Waals surface area contributed by atoms with Gasteiger partial charge in [0.2, 0.25) is 0 Å². The average molecular weight is 216 g/mol. The minimum absolute atomic E-state index is 0.0599. The summed E-state index contributed by atoms with van der Waals surface area (Å²) in [6, 6.07) is 5.47. The van der Waals surface area contributed by atoms with Crippen LogP contribution < -0.4 is 5.56 Å². The van der Waals surface area contributed by atoms with Gasteiger partial charge in [-0.1, -0.05) is 6.07 Å². The molecule has 82 valence electrons. The zero-order valence-electron chi connectivity index (χ0n) is 9.23. The van der Waals surface area contributed by atoms with E-state index in [1.165, 1.54) is 17.8 Å². The molecule has 4 nitrogen and oxygen atoms in total. The molecule has 0 aliphatic carbocycles. The smallest absolute Gasteiger partial charge is 0.261 e. The van der Waals surface area contributed by atoms with Crippen molar-refractivity contribution >= 4 is 16.7 Å². The summed E-state index contributed by atoms with van der Waals surface area (Å²) in [4.78, 5) is 27.1. The summed E-state index contributed by atoms with van der Waals surface area (Å²) in [6.07, 6.45) is 1.42. The van der Waals surface area contributed by atoms with Gasteiger partial charge in [-0.2, -0.15) is 0 Å². The normalized spacial score (nSPS) is 10.6. The third kappa shape index (κ3) is 1.86. The van der Waals surface area contributed by atoms with Gasteiger partial charge in [-0.25, -0.2) is 4.98 Å². The van der Waals surface area contributed by atoms with Gasteiger partial charge in [0, 0.05) is 0 Å². The first kappa shape index (κ1) is 10.5. The summed E-state index contributed by atoms with van der Waals surface area (Å²) in [5.41, 5.74) is 1.56. The topological polar surface area (TPSA) is 52.0 Å². The Bertz CT molecular complexity index is 614. The van der Waals surface area contributed by atoms with E-state index in [0.717, 1.165) is 5.56 Å². The first-order valence-electron chi connectivity index (χ1n) is 5.03. The minimum atomic E-state index is -0.166. The zero-order valence-corrected chi connectivity index (χ0v) is 9.23. The lowest BCUT2D eigenvalue weighted by Gasteiger charge is -2.04. The van der Waals surface area contributed by atoms with Crippen molar-refractivity contribution in [1.29, 1.82) is 0 Å². The molecule has 0 radical (unpaired) electrons. The average Bonchev–Trinajstić information content (AvgIpc) is 2.22. The standard InChI is InChI=1S/C12H12N2O2/c1-8-3-4-10-11(5-8)13-7-14(12(10)16)6-9(2)15/h3-5,7H,6H2,1-2H3. The van der Waals surface area contributed by atoms with Crippen LogP contribution in [0.3, 0.4) is 0 Å². The molecule has 0 bridgehead atoms. The number of carbonyl (C=O) groups is 1. The van der Waals surface area contributed by atoms with Crippen molar-refractivity contribution in [1.82, 2.24) is 9.55 Å². The summed E-state index contributed by atoms with van der Waals surface area (Å²) in [6.45, 7) is 3.48. The fourth-order valence-electron chi connectivity index (χ4n) is 1.62. The lowest BCUT2D eigenvalue weighted by Crippen LogP contribution is -2.23. The van der Waals surface area contributed by atoms with Crippen molar-refractivity contribution in [2.24, 2.45) is 0 Å². The van der Waals surface area contributed by atoms with Crippen molar-refractivity contribution in [3.8, 4) is 0 Å². The maximum atomic E-state index is 11.9. The number of carbonyl (C=O) groups excluding carboxylic acids is 1. The molecular formula is C12H12N2O2. The van der Waals surface area contributed by atoms with Crippen LogP contribution >= 0.6 is 0 Å². The molecule has 1 aromatic carbocycles. The van der Waals surface area contributed by atoms with E-state index in [-0.39, 0.29) is 17.9 Å². The number of Topliss-reactive ketones (excluding diaryl/α,β-unsaturated/α-hetero) is 1. The third-order valence-corrected chi connectivity index (χ3v) is 2.37. The van der Waals surface area contributed by atoms with Crippen LogP contribution in [0.4, 0.5) is 0 Å². The van der Waals surface area contributed by atoms with Crippen molar-refractivity contribution in [3.05, 3.63) is 40.4 Å². The van der Waals surface area contributed by atoms with E-state index in [4.69, 9.17) is 0 Å². The van der Waals surface area contributed by atoms with Gasteiger partial charge in [-0.3, -0.25) is 14.2 Å². The molecule has 16 heavy (non-hydrogen) atoms. The second-order valence-corrected chi connectivity index (χ2v) is 3.90. The van der Waals surface area contributed by atoms with E-state index in [9.17, 15) is 9.59 Å². The van der Waals surface area contributed by atoms with Gasteiger partial charge < -0.3 is 0 Å². The van der Waals surface area contributed by atoms with Crippen LogP contribution in [-0.4, -0.2) is 15.3 Å². The van der Waals surface area contributed by atoms with Crippen molar-refractivity contribution in [2.45, 2.75) is 20.4 Å². The molecule has 0 saturated carbocycles. The predicted molar refractivity (Wildman–Crippen MR) is 61.4 cm³/mol. The van der Waals surface area contributed by atoms with Crippen LogP contribution in [-0.2, 0) is 11.3 Å². The van der Waals surface area contributed by atoms with E-state index >= 15 is 0 Å². The van der Waals surface area contributed by atoms with Gasteiger partial charge in [0.15, 0.2) is 0 Å². The quantitative estimate of drug-likeness (QED) is 0.760. The first-order chi connectivity index (χ1) is 7.58. The lowest BCUT2D eigenvalue weighted by molar-refractivity contribution is -0.117. The van der Waals surface area contributed by atoms with E-state index in [2.05, 4.69) is 4.98 Å². The lowest BCUT2D eigenvalue weighted by atomic mass is 10.2. The number of aromatic nitrogens is 2. The molecule has 0 unspecified atom stereocenters. The second kappa shape index (κ2) is 3.89. The molecule has 0 amide bonds. The molecule has 1 aromatic heterocycles. The highest BCUT2D eigenvalue weighted by Crippen LogP contribution is 2.08. The van der Waals surface area contributed by atoms with Crippen LogP contribution in [0.25, 0.3) is 10.9 Å². The van der Waals surface area contributed by atoms with Crippen LogP contribution in [0.5, 0.6) is 0 Å². The summed E-state index contributed by atoms with van der Waals surface area (Å²) >= 11 is 0. The summed E-state index contributed by atoms with van der Waals surface area (Å²) in [7, 11) is 0. The van der Waals surface area contributed by atoms with E-state index in [1.807, 2.05) is 19.1 Å². The molecule has 0 fully saturated rings. The number of ketones is 1. The van der Waals surface area contributed by atoms with Gasteiger partial charge in [0.05, 0.1) is 23.8 Å². The maximum Gasteiger partial charge on any atom is 0.261 e. The van der Waals surface area contributed by atoms with Crippen molar-refractivity contribution < 1.29 is 4.79 Å².